The first kappa shape index (κ1) is 8.95. The van der Waals surface area contributed by atoms with Gasteiger partial charge in [0.1, 0.15) is 5.76 Å². The smallest absolute Gasteiger partial charge is 0.137 e. The predicted octanol–water partition coefficient (Wildman–Crippen LogP) is 2.14. The summed E-state index contributed by atoms with van der Waals surface area (Å²) in [6.07, 6.45) is 1.66. The first-order chi connectivity index (χ1) is 4.72. The van der Waals surface area contributed by atoms with Gasteiger partial charge in [-0.05, 0) is 13.8 Å². The summed E-state index contributed by atoms with van der Waals surface area (Å²) < 4.78 is 5.05. The Morgan fingerprint density at radius 1 is 1.60 bits per heavy atom. The van der Waals surface area contributed by atoms with Gasteiger partial charge in [0.15, 0.2) is 0 Å². The van der Waals surface area contributed by atoms with E-state index in [2.05, 4.69) is 18.2 Å². The van der Waals surface area contributed by atoms with E-state index in [4.69, 9.17) is 4.74 Å². The normalized spacial score (nSPS) is 9.80. The second kappa shape index (κ2) is 4.79. The van der Waals surface area contributed by atoms with Gasteiger partial charge in [-0.2, -0.15) is 0 Å². The molecular formula is C8H13NO. The molecule has 0 N–H and O–H groups in total. The van der Waals surface area contributed by atoms with Crippen molar-refractivity contribution in [3.63, 3.8) is 0 Å². The lowest BCUT2D eigenvalue weighted by atomic mass is 10.4. The van der Waals surface area contributed by atoms with Crippen molar-refractivity contribution in [3.05, 3.63) is 24.6 Å². The monoisotopic (exact) mass is 139 g/mol. The lowest BCUT2D eigenvalue weighted by Crippen LogP contribution is -1.90. The van der Waals surface area contributed by atoms with Crippen LogP contribution in [0.1, 0.15) is 13.8 Å². The molecule has 0 aliphatic carbocycles. The summed E-state index contributed by atoms with van der Waals surface area (Å²) in [5.74, 6) is 0.542. The number of aliphatic imine (C=N–C) groups is 1. The fourth-order valence-corrected chi connectivity index (χ4v) is 0.485. The highest BCUT2D eigenvalue weighted by Crippen LogP contribution is 2.06. The van der Waals surface area contributed by atoms with E-state index in [0.717, 1.165) is 0 Å². The molecule has 0 aromatic rings. The maximum Gasteiger partial charge on any atom is 0.137 e. The van der Waals surface area contributed by atoms with Gasteiger partial charge in [0.05, 0.1) is 12.3 Å². The van der Waals surface area contributed by atoms with Crippen LogP contribution in [0.15, 0.2) is 29.6 Å². The molecule has 56 valence electrons. The molecular weight excluding hydrogens is 126 g/mol. The number of rotatable bonds is 4. The molecule has 0 unspecified atom stereocenters. The topological polar surface area (TPSA) is 21.6 Å². The molecule has 0 fully saturated rings. The van der Waals surface area contributed by atoms with Crippen LogP contribution in [0.2, 0.25) is 0 Å². The first-order valence-electron chi connectivity index (χ1n) is 3.22. The molecule has 0 aliphatic rings. The summed E-state index contributed by atoms with van der Waals surface area (Å²) in [6.45, 7) is 11.6. The molecule has 10 heavy (non-hydrogen) atoms. The Balaban J connectivity index is 3.83. The third kappa shape index (κ3) is 3.07. The zero-order chi connectivity index (χ0) is 7.98. The SMILES string of the molecule is C=C(/N=C\C)C(=C)OCC. The van der Waals surface area contributed by atoms with Gasteiger partial charge in [0, 0.05) is 6.21 Å². The fourth-order valence-electron chi connectivity index (χ4n) is 0.485. The molecule has 0 saturated heterocycles. The number of hydrogen-bond donors (Lipinski definition) is 0. The summed E-state index contributed by atoms with van der Waals surface area (Å²) in [5.41, 5.74) is 0.587. The molecule has 0 amide bonds. The van der Waals surface area contributed by atoms with Crippen molar-refractivity contribution < 1.29 is 4.74 Å². The van der Waals surface area contributed by atoms with Gasteiger partial charge in [-0.25, -0.2) is 0 Å². The first-order valence-corrected chi connectivity index (χ1v) is 3.22. The Hall–Kier alpha value is -1.05. The summed E-state index contributed by atoms with van der Waals surface area (Å²) >= 11 is 0. The minimum absolute atomic E-state index is 0.542. The van der Waals surface area contributed by atoms with Gasteiger partial charge in [-0.3, -0.25) is 4.99 Å². The largest absolute Gasteiger partial charge is 0.492 e. The minimum atomic E-state index is 0.542. The third-order valence-corrected chi connectivity index (χ3v) is 0.925. The average Bonchev–Trinajstić information content (AvgIpc) is 1.89. The van der Waals surface area contributed by atoms with Gasteiger partial charge < -0.3 is 4.74 Å². The van der Waals surface area contributed by atoms with Crippen molar-refractivity contribution in [3.8, 4) is 0 Å². The Morgan fingerprint density at radius 3 is 2.60 bits per heavy atom. The van der Waals surface area contributed by atoms with Gasteiger partial charge in [0.2, 0.25) is 0 Å². The van der Waals surface area contributed by atoms with Gasteiger partial charge >= 0.3 is 0 Å². The van der Waals surface area contributed by atoms with E-state index in [1.54, 1.807) is 6.21 Å². The molecule has 0 atom stereocenters. The van der Waals surface area contributed by atoms with E-state index in [0.29, 0.717) is 18.1 Å². The minimum Gasteiger partial charge on any atom is -0.492 e. The predicted molar refractivity (Wildman–Crippen MR) is 44.1 cm³/mol. The van der Waals surface area contributed by atoms with E-state index in [9.17, 15) is 0 Å². The zero-order valence-electron chi connectivity index (χ0n) is 6.55. The number of nitrogens with zero attached hydrogens (tertiary/aromatic N) is 1. The Bertz CT molecular complexity index is 159. The van der Waals surface area contributed by atoms with E-state index in [-0.39, 0.29) is 0 Å². The number of hydrogen-bond acceptors (Lipinski definition) is 2. The molecule has 0 radical (unpaired) electrons. The average molecular weight is 139 g/mol. The molecule has 0 aromatic heterocycles. The molecule has 2 nitrogen and oxygen atoms in total. The summed E-state index contributed by atoms with van der Waals surface area (Å²) in [4.78, 5) is 3.90. The van der Waals surface area contributed by atoms with Crippen LogP contribution in [0.5, 0.6) is 0 Å². The van der Waals surface area contributed by atoms with Crippen LogP contribution < -0.4 is 0 Å². The Labute approximate surface area is 61.9 Å². The summed E-state index contributed by atoms with van der Waals surface area (Å²) in [6, 6.07) is 0. The second-order valence-electron chi connectivity index (χ2n) is 1.69. The molecule has 2 heteroatoms. The van der Waals surface area contributed by atoms with Crippen LogP contribution in [-0.4, -0.2) is 12.8 Å². The summed E-state index contributed by atoms with van der Waals surface area (Å²) in [5, 5.41) is 0. The van der Waals surface area contributed by atoms with Crippen LogP contribution in [0.25, 0.3) is 0 Å². The molecule has 0 aromatic carbocycles. The van der Waals surface area contributed by atoms with Crippen molar-refractivity contribution in [2.45, 2.75) is 13.8 Å². The third-order valence-electron chi connectivity index (χ3n) is 0.925. The van der Waals surface area contributed by atoms with E-state index < -0.39 is 0 Å². The maximum atomic E-state index is 5.05. The van der Waals surface area contributed by atoms with Crippen LogP contribution in [0, 0.1) is 0 Å². The van der Waals surface area contributed by atoms with Crippen molar-refractivity contribution >= 4 is 6.21 Å². The fraction of sp³-hybridized carbons (Fsp3) is 0.375. The van der Waals surface area contributed by atoms with Crippen LogP contribution in [0.3, 0.4) is 0 Å². The highest BCUT2D eigenvalue weighted by molar-refractivity contribution is 5.56. The van der Waals surface area contributed by atoms with Gasteiger partial charge in [-0.1, -0.05) is 13.2 Å². The number of ether oxygens (including phenoxy) is 1. The highest BCUT2D eigenvalue weighted by Gasteiger charge is 1.94. The van der Waals surface area contributed by atoms with Crippen molar-refractivity contribution in [2.24, 2.45) is 4.99 Å². The van der Waals surface area contributed by atoms with E-state index in [1.165, 1.54) is 0 Å². The van der Waals surface area contributed by atoms with Crippen molar-refractivity contribution in [2.75, 3.05) is 6.61 Å². The summed E-state index contributed by atoms with van der Waals surface area (Å²) in [7, 11) is 0. The molecule has 0 rings (SSSR count). The molecule has 0 bridgehead atoms. The van der Waals surface area contributed by atoms with Crippen molar-refractivity contribution in [1.82, 2.24) is 0 Å². The maximum absolute atomic E-state index is 5.05. The molecule has 0 spiro atoms. The van der Waals surface area contributed by atoms with Crippen LogP contribution in [0.4, 0.5) is 0 Å². The molecule has 0 saturated carbocycles. The standard InChI is InChI=1S/C8H13NO/c1-5-9-7(3)8(4)10-6-2/h5H,3-4,6H2,1-2H3/b9-5-. The van der Waals surface area contributed by atoms with Crippen LogP contribution in [-0.2, 0) is 4.74 Å². The van der Waals surface area contributed by atoms with Crippen LogP contribution >= 0.6 is 0 Å². The van der Waals surface area contributed by atoms with E-state index >= 15 is 0 Å². The zero-order valence-corrected chi connectivity index (χ0v) is 6.55. The lowest BCUT2D eigenvalue weighted by molar-refractivity contribution is 0.239. The van der Waals surface area contributed by atoms with Gasteiger partial charge in [0.25, 0.3) is 0 Å². The highest BCUT2D eigenvalue weighted by atomic mass is 16.5. The molecule has 0 heterocycles. The molecule has 0 aliphatic heterocycles. The Kier molecular flexibility index (Phi) is 4.29. The quantitative estimate of drug-likeness (QED) is 0.332. The van der Waals surface area contributed by atoms with E-state index in [1.807, 2.05) is 13.8 Å². The van der Waals surface area contributed by atoms with Crippen molar-refractivity contribution in [1.29, 1.82) is 0 Å². The lowest BCUT2D eigenvalue weighted by Gasteiger charge is -2.03. The second-order valence-corrected chi connectivity index (χ2v) is 1.69. The van der Waals surface area contributed by atoms with Gasteiger partial charge in [-0.15, -0.1) is 0 Å². The Morgan fingerprint density at radius 2 is 2.20 bits per heavy atom.